The summed E-state index contributed by atoms with van der Waals surface area (Å²) in [7, 11) is 0. The lowest BCUT2D eigenvalue weighted by Gasteiger charge is -2.19. The van der Waals surface area contributed by atoms with Crippen LogP contribution in [-0.4, -0.2) is 49.8 Å². The molecule has 0 bridgehead atoms. The van der Waals surface area contributed by atoms with E-state index in [1.165, 1.54) is 6.92 Å². The molecule has 3 rings (SSSR count). The maximum absolute atomic E-state index is 12.5. The molecule has 0 fully saturated rings. The van der Waals surface area contributed by atoms with Gasteiger partial charge in [0.2, 0.25) is 0 Å². The monoisotopic (exact) mass is 415 g/mol. The molecule has 0 spiro atoms. The van der Waals surface area contributed by atoms with Crippen molar-refractivity contribution in [2.24, 2.45) is 0 Å². The van der Waals surface area contributed by atoms with Crippen LogP contribution in [0.3, 0.4) is 0 Å². The number of carboxylic acid groups (broad SMARTS) is 1. The zero-order valence-corrected chi connectivity index (χ0v) is 16.1. The number of hydrogen-bond donors (Lipinski definition) is 3. The Bertz CT molecular complexity index is 979. The fourth-order valence-electron chi connectivity index (χ4n) is 2.63. The van der Waals surface area contributed by atoms with Gasteiger partial charge in [-0.2, -0.15) is 5.21 Å². The molecule has 0 aliphatic rings. The number of tetrazole rings is 1. The van der Waals surface area contributed by atoms with E-state index in [1.807, 2.05) is 42.5 Å². The number of halogens is 1. The molecule has 0 saturated heterocycles. The molecule has 0 aliphatic carbocycles. The van der Waals surface area contributed by atoms with Crippen molar-refractivity contribution in [3.05, 3.63) is 59.1 Å². The number of carbonyl (C=O) groups excluding carboxylic acids is 1. The first kappa shape index (κ1) is 20.4. The summed E-state index contributed by atoms with van der Waals surface area (Å²) in [5, 5.41) is 25.1. The molecular formula is C19H18ClN5O4. The fraction of sp³-hybridized carbons (Fsp3) is 0.211. The van der Waals surface area contributed by atoms with E-state index in [4.69, 9.17) is 21.4 Å². The van der Waals surface area contributed by atoms with Crippen LogP contribution in [0.25, 0.3) is 11.1 Å². The number of hydrogen-bond acceptors (Lipinski definition) is 6. The molecule has 0 aliphatic heterocycles. The highest BCUT2D eigenvalue weighted by molar-refractivity contribution is 6.30. The van der Waals surface area contributed by atoms with E-state index >= 15 is 0 Å². The Morgan fingerprint density at radius 2 is 1.97 bits per heavy atom. The number of carbonyl (C=O) groups is 2. The van der Waals surface area contributed by atoms with Crippen LogP contribution in [0.4, 0.5) is 5.95 Å². The van der Waals surface area contributed by atoms with E-state index in [0.717, 1.165) is 16.7 Å². The lowest BCUT2D eigenvalue weighted by Crippen LogP contribution is -2.37. The number of H-pyrrole nitrogens is 1. The van der Waals surface area contributed by atoms with E-state index in [9.17, 15) is 9.59 Å². The van der Waals surface area contributed by atoms with Crippen LogP contribution in [0.1, 0.15) is 12.5 Å². The molecular weight excluding hydrogens is 398 g/mol. The van der Waals surface area contributed by atoms with E-state index in [0.29, 0.717) is 5.02 Å². The summed E-state index contributed by atoms with van der Waals surface area (Å²) >= 11 is 6.04. The number of carboxylic acids is 1. The summed E-state index contributed by atoms with van der Waals surface area (Å²) in [6.07, 6.45) is -2.06. The van der Waals surface area contributed by atoms with Gasteiger partial charge in [0, 0.05) is 11.4 Å². The second-order valence-electron chi connectivity index (χ2n) is 6.24. The highest BCUT2D eigenvalue weighted by atomic mass is 35.5. The van der Waals surface area contributed by atoms with Crippen molar-refractivity contribution in [3.63, 3.8) is 0 Å². The average Bonchev–Trinajstić information content (AvgIpc) is 3.21. The van der Waals surface area contributed by atoms with Crippen LogP contribution in [0.2, 0.25) is 5.02 Å². The number of ether oxygens (including phenoxy) is 1. The van der Waals surface area contributed by atoms with Crippen LogP contribution < -0.4 is 5.32 Å². The van der Waals surface area contributed by atoms with Crippen molar-refractivity contribution < 1.29 is 19.4 Å². The van der Waals surface area contributed by atoms with Gasteiger partial charge >= 0.3 is 5.97 Å². The number of nitrogens with one attached hydrogen (secondary N) is 2. The average molecular weight is 416 g/mol. The van der Waals surface area contributed by atoms with E-state index < -0.39 is 24.1 Å². The molecule has 3 aromatic rings. The minimum atomic E-state index is -1.17. The molecule has 1 amide bonds. The Morgan fingerprint density at radius 1 is 1.21 bits per heavy atom. The number of amides is 1. The Balaban J connectivity index is 1.75. The van der Waals surface area contributed by atoms with Gasteiger partial charge in [0.1, 0.15) is 6.10 Å². The first-order chi connectivity index (χ1) is 13.9. The Hall–Kier alpha value is -3.30. The quantitative estimate of drug-likeness (QED) is 0.515. The number of rotatable bonds is 8. The van der Waals surface area contributed by atoms with Crippen molar-refractivity contribution in [3.8, 4) is 11.1 Å². The van der Waals surface area contributed by atoms with Crippen molar-refractivity contribution in [1.82, 2.24) is 20.6 Å². The van der Waals surface area contributed by atoms with Crippen molar-refractivity contribution in [1.29, 1.82) is 0 Å². The van der Waals surface area contributed by atoms with Crippen LogP contribution in [-0.2, 0) is 20.7 Å². The predicted octanol–water partition coefficient (Wildman–Crippen LogP) is 2.56. The molecule has 29 heavy (non-hydrogen) atoms. The van der Waals surface area contributed by atoms with Gasteiger partial charge in [0.05, 0.1) is 0 Å². The number of anilines is 1. The number of benzene rings is 2. The molecule has 10 heteroatoms. The maximum atomic E-state index is 12.5. The molecule has 2 atom stereocenters. The highest BCUT2D eigenvalue weighted by Crippen LogP contribution is 2.23. The zero-order valence-electron chi connectivity index (χ0n) is 15.4. The molecule has 2 aromatic carbocycles. The highest BCUT2D eigenvalue weighted by Gasteiger charge is 2.26. The van der Waals surface area contributed by atoms with Gasteiger partial charge in [-0.25, -0.2) is 4.79 Å². The van der Waals surface area contributed by atoms with Crippen molar-refractivity contribution >= 4 is 29.4 Å². The van der Waals surface area contributed by atoms with Gasteiger partial charge < -0.3 is 9.84 Å². The number of aliphatic carboxylic acids is 1. The zero-order chi connectivity index (χ0) is 20.8. The molecule has 9 nitrogen and oxygen atoms in total. The Kier molecular flexibility index (Phi) is 6.53. The molecule has 1 aromatic heterocycles. The van der Waals surface area contributed by atoms with Crippen LogP contribution in [0.15, 0.2) is 48.5 Å². The number of nitrogens with zero attached hydrogens (tertiary/aromatic N) is 3. The van der Waals surface area contributed by atoms with Gasteiger partial charge in [-0.1, -0.05) is 53.1 Å². The molecule has 0 radical (unpaired) electrons. The smallest absolute Gasteiger partial charge is 0.332 e. The Labute approximate surface area is 171 Å². The predicted molar refractivity (Wildman–Crippen MR) is 105 cm³/mol. The summed E-state index contributed by atoms with van der Waals surface area (Å²) in [6.45, 7) is 1.36. The van der Waals surface area contributed by atoms with Gasteiger partial charge in [-0.3, -0.25) is 10.1 Å². The normalized spacial score (nSPS) is 12.9. The van der Waals surface area contributed by atoms with Crippen molar-refractivity contribution in [2.45, 2.75) is 25.6 Å². The first-order valence-electron chi connectivity index (χ1n) is 8.70. The van der Waals surface area contributed by atoms with E-state index in [-0.39, 0.29) is 12.4 Å². The van der Waals surface area contributed by atoms with Crippen LogP contribution in [0, 0.1) is 0 Å². The number of aromatic nitrogens is 4. The summed E-state index contributed by atoms with van der Waals surface area (Å²) in [5.74, 6) is -1.76. The molecule has 150 valence electrons. The second kappa shape index (κ2) is 9.26. The van der Waals surface area contributed by atoms with Gasteiger partial charge in [0.15, 0.2) is 6.10 Å². The second-order valence-corrected chi connectivity index (χ2v) is 6.68. The number of aromatic amines is 1. The minimum absolute atomic E-state index is 0.0251. The van der Waals surface area contributed by atoms with Gasteiger partial charge in [-0.05, 0) is 41.0 Å². The minimum Gasteiger partial charge on any atom is -0.479 e. The third-order valence-corrected chi connectivity index (χ3v) is 4.36. The summed E-state index contributed by atoms with van der Waals surface area (Å²) in [4.78, 5) is 23.7. The summed E-state index contributed by atoms with van der Waals surface area (Å²) in [5.41, 5.74) is 2.72. The van der Waals surface area contributed by atoms with Crippen LogP contribution >= 0.6 is 11.6 Å². The fourth-order valence-corrected chi connectivity index (χ4v) is 2.82. The molecule has 3 N–H and O–H groups in total. The third kappa shape index (κ3) is 5.59. The molecule has 0 saturated carbocycles. The van der Waals surface area contributed by atoms with Gasteiger partial charge in [-0.15, -0.1) is 5.10 Å². The van der Waals surface area contributed by atoms with Gasteiger partial charge in [0.25, 0.3) is 11.9 Å². The summed E-state index contributed by atoms with van der Waals surface area (Å²) < 4.78 is 5.44. The first-order valence-corrected chi connectivity index (χ1v) is 9.07. The lowest BCUT2D eigenvalue weighted by atomic mass is 10.0. The summed E-state index contributed by atoms with van der Waals surface area (Å²) in [6, 6.07) is 15.0. The van der Waals surface area contributed by atoms with E-state index in [1.54, 1.807) is 6.07 Å². The SMILES string of the molecule is C[C@H](O[C@@H](Cc1ccc(-c2cccc(Cl)c2)cc1)C(=O)Nc1nn[nH]n1)C(=O)O. The van der Waals surface area contributed by atoms with E-state index in [2.05, 4.69) is 25.9 Å². The standard InChI is InChI=1S/C19H18ClN5O4/c1-11(18(27)28)29-16(17(26)21-19-22-24-25-23-19)9-12-5-7-13(8-6-12)14-3-2-4-15(20)10-14/h2-8,10-11,16H,9H2,1H3,(H,27,28)(H2,21,22,23,24,25,26)/t11-,16-/m0/s1. The third-order valence-electron chi connectivity index (χ3n) is 4.12. The lowest BCUT2D eigenvalue weighted by molar-refractivity contribution is -0.155. The van der Waals surface area contributed by atoms with Crippen LogP contribution in [0.5, 0.6) is 0 Å². The topological polar surface area (TPSA) is 130 Å². The maximum Gasteiger partial charge on any atom is 0.332 e. The molecule has 0 unspecified atom stereocenters. The van der Waals surface area contributed by atoms with Crippen molar-refractivity contribution in [2.75, 3.05) is 5.32 Å². The Morgan fingerprint density at radius 3 is 2.59 bits per heavy atom. The largest absolute Gasteiger partial charge is 0.479 e. The molecule has 1 heterocycles.